The molecule has 0 unspecified atom stereocenters. The van der Waals surface area contributed by atoms with Gasteiger partial charge in [-0.25, -0.2) is 4.74 Å². The Morgan fingerprint density at radius 2 is 1.00 bits per heavy atom. The smallest absolute Gasteiger partial charge is 0.434 e. The van der Waals surface area contributed by atoms with Crippen molar-refractivity contribution in [2.75, 3.05) is 39.6 Å². The molecule has 0 atom stereocenters. The molecule has 18 heavy (non-hydrogen) atoms. The normalized spacial score (nSPS) is 19.3. The van der Waals surface area contributed by atoms with Crippen LogP contribution in [0.15, 0.2) is 0 Å². The first-order valence-electron chi connectivity index (χ1n) is 5.96. The van der Waals surface area contributed by atoms with Gasteiger partial charge in [0.15, 0.2) is 6.61 Å². The number of hydrogen-bond donors (Lipinski definition) is 0. The molecule has 6 heteroatoms. The molecule has 1 aromatic carbocycles. The van der Waals surface area contributed by atoms with Crippen LogP contribution in [0.2, 0.25) is 0 Å². The third-order valence-electron chi connectivity index (χ3n) is 2.97. The van der Waals surface area contributed by atoms with Crippen LogP contribution < -0.4 is 28.4 Å². The van der Waals surface area contributed by atoms with Gasteiger partial charge >= 0.3 is 5.75 Å². The highest BCUT2D eigenvalue weighted by molar-refractivity contribution is 5.74. The Bertz CT molecular complexity index is 362. The van der Waals surface area contributed by atoms with Crippen molar-refractivity contribution >= 4 is 0 Å². The Labute approximate surface area is 103 Å². The van der Waals surface area contributed by atoms with E-state index in [9.17, 15) is 0 Å². The molecule has 1 radical (unpaired) electrons. The van der Waals surface area contributed by atoms with Gasteiger partial charge in [-0.1, -0.05) is 0 Å². The van der Waals surface area contributed by atoms with Crippen LogP contribution in [-0.2, 0) is 0 Å². The van der Waals surface area contributed by atoms with Crippen molar-refractivity contribution in [2.45, 2.75) is 0 Å². The molecular formula is C12H12O6+. The lowest BCUT2D eigenvalue weighted by Gasteiger charge is -2.27. The van der Waals surface area contributed by atoms with Crippen LogP contribution in [0.5, 0.6) is 34.5 Å². The largest absolute Gasteiger partial charge is 0.483 e. The van der Waals surface area contributed by atoms with Crippen molar-refractivity contribution in [3.8, 4) is 34.5 Å². The SMILES string of the molecule is C1COc2c(c3c(c4c2OCC[O+]4)OCCO3)O1. The Hall–Kier alpha value is -1.98. The third kappa shape index (κ3) is 1.28. The predicted molar refractivity (Wildman–Crippen MR) is 59.4 cm³/mol. The van der Waals surface area contributed by atoms with E-state index in [1.54, 1.807) is 0 Å². The maximum atomic E-state index is 5.62. The van der Waals surface area contributed by atoms with Gasteiger partial charge in [0.05, 0.1) is 0 Å². The van der Waals surface area contributed by atoms with Crippen LogP contribution in [0, 0.1) is 0 Å². The van der Waals surface area contributed by atoms with E-state index in [0.29, 0.717) is 74.1 Å². The minimum absolute atomic E-state index is 0.489. The molecule has 6 nitrogen and oxygen atoms in total. The maximum Gasteiger partial charge on any atom is 0.434 e. The monoisotopic (exact) mass is 252 g/mol. The average Bonchev–Trinajstić information content (AvgIpc) is 2.48. The van der Waals surface area contributed by atoms with Gasteiger partial charge in [0, 0.05) is 0 Å². The standard InChI is InChI=1S/C12H12O6/c1-2-14-8-7(13-1)9-11(17-4-3-15-9)12-10(8)16-5-6-18-12/h1-6H2/q+1. The molecule has 0 saturated heterocycles. The summed E-state index contributed by atoms with van der Waals surface area (Å²) in [7, 11) is 0. The molecule has 95 valence electrons. The summed E-state index contributed by atoms with van der Waals surface area (Å²) in [5, 5.41) is 0. The molecule has 4 rings (SSSR count). The van der Waals surface area contributed by atoms with E-state index < -0.39 is 0 Å². The average molecular weight is 252 g/mol. The molecule has 0 aliphatic carbocycles. The van der Waals surface area contributed by atoms with Crippen molar-refractivity contribution in [3.05, 3.63) is 0 Å². The molecule has 0 aromatic heterocycles. The molecule has 0 N–H and O–H groups in total. The van der Waals surface area contributed by atoms with Gasteiger partial charge in [0.25, 0.3) is 18.1 Å². The number of hydrogen-bond acceptors (Lipinski definition) is 6. The van der Waals surface area contributed by atoms with Crippen LogP contribution in [0.3, 0.4) is 0 Å². The number of fused-ring (bicyclic) bond motifs is 6. The van der Waals surface area contributed by atoms with Crippen molar-refractivity contribution in [2.24, 2.45) is 0 Å². The third-order valence-corrected chi connectivity index (χ3v) is 2.97. The van der Waals surface area contributed by atoms with Gasteiger partial charge in [-0.2, -0.15) is 0 Å². The summed E-state index contributed by atoms with van der Waals surface area (Å²) in [6.45, 7) is 2.93. The van der Waals surface area contributed by atoms with E-state index in [1.807, 2.05) is 0 Å². The number of rotatable bonds is 0. The molecule has 0 saturated carbocycles. The summed E-state index contributed by atoms with van der Waals surface area (Å²) in [6, 6.07) is 0. The number of ether oxygens (including phenoxy) is 6. The highest BCUT2D eigenvalue weighted by atomic mass is 16.6. The summed E-state index contributed by atoms with van der Waals surface area (Å²) in [5.41, 5.74) is 0. The van der Waals surface area contributed by atoms with E-state index in [2.05, 4.69) is 0 Å². The summed E-state index contributed by atoms with van der Waals surface area (Å²) in [5.74, 6) is 3.33. The molecule has 0 spiro atoms. The summed E-state index contributed by atoms with van der Waals surface area (Å²) in [6.07, 6.45) is 0. The fourth-order valence-corrected chi connectivity index (χ4v) is 2.27. The molecule has 1 aromatic rings. The van der Waals surface area contributed by atoms with Crippen molar-refractivity contribution in [1.29, 1.82) is 0 Å². The van der Waals surface area contributed by atoms with Crippen LogP contribution in [0.25, 0.3) is 0 Å². The van der Waals surface area contributed by atoms with E-state index in [4.69, 9.17) is 28.4 Å². The van der Waals surface area contributed by atoms with E-state index >= 15 is 0 Å². The molecule has 0 fully saturated rings. The zero-order chi connectivity index (χ0) is 11.9. The van der Waals surface area contributed by atoms with E-state index in [-0.39, 0.29) is 0 Å². The van der Waals surface area contributed by atoms with E-state index in [0.717, 1.165) is 0 Å². The first kappa shape index (κ1) is 9.99. The molecule has 0 amide bonds. The summed E-state index contributed by atoms with van der Waals surface area (Å²) < 4.78 is 33.7. The fourth-order valence-electron chi connectivity index (χ4n) is 2.27. The lowest BCUT2D eigenvalue weighted by atomic mass is 10.2. The van der Waals surface area contributed by atoms with Crippen LogP contribution in [-0.4, -0.2) is 39.6 Å². The van der Waals surface area contributed by atoms with Gasteiger partial charge in [-0.3, -0.25) is 0 Å². The zero-order valence-electron chi connectivity index (χ0n) is 9.69. The van der Waals surface area contributed by atoms with Crippen molar-refractivity contribution < 1.29 is 28.4 Å². The molecular weight excluding hydrogens is 240 g/mol. The van der Waals surface area contributed by atoms with Crippen molar-refractivity contribution in [3.63, 3.8) is 0 Å². The van der Waals surface area contributed by atoms with Gasteiger partial charge in [-0.15, -0.1) is 0 Å². The van der Waals surface area contributed by atoms with Gasteiger partial charge in [0.1, 0.15) is 26.4 Å². The minimum Gasteiger partial charge on any atom is -0.483 e. The van der Waals surface area contributed by atoms with Gasteiger partial charge in [0.2, 0.25) is 17.2 Å². The molecule has 0 bridgehead atoms. The summed E-state index contributed by atoms with van der Waals surface area (Å²) >= 11 is 0. The Morgan fingerprint density at radius 3 is 1.61 bits per heavy atom. The van der Waals surface area contributed by atoms with E-state index in [1.165, 1.54) is 0 Å². The zero-order valence-corrected chi connectivity index (χ0v) is 9.69. The maximum absolute atomic E-state index is 5.62. The Kier molecular flexibility index (Phi) is 2.09. The lowest BCUT2D eigenvalue weighted by molar-refractivity contribution is 0.104. The van der Waals surface area contributed by atoms with Crippen LogP contribution >= 0.6 is 0 Å². The first-order valence-corrected chi connectivity index (χ1v) is 5.96. The Balaban J connectivity index is 1.98. The highest BCUT2D eigenvalue weighted by Crippen LogP contribution is 2.60. The van der Waals surface area contributed by atoms with Gasteiger partial charge in [-0.05, 0) is 0 Å². The molecule has 3 heterocycles. The lowest BCUT2D eigenvalue weighted by Crippen LogP contribution is -2.24. The topological polar surface area (TPSA) is 57.5 Å². The molecule has 3 aliphatic heterocycles. The predicted octanol–water partition coefficient (Wildman–Crippen LogP) is 1.00. The summed E-state index contributed by atoms with van der Waals surface area (Å²) in [4.78, 5) is 0. The quantitative estimate of drug-likeness (QED) is 0.642. The van der Waals surface area contributed by atoms with Crippen LogP contribution in [0.4, 0.5) is 0 Å². The minimum atomic E-state index is 0.489. The second-order valence-corrected chi connectivity index (χ2v) is 4.07. The van der Waals surface area contributed by atoms with Crippen LogP contribution in [0.1, 0.15) is 0 Å². The molecule has 3 aliphatic rings. The first-order chi connectivity index (χ1) is 8.95. The fraction of sp³-hybridized carbons (Fsp3) is 0.500. The Morgan fingerprint density at radius 1 is 0.556 bits per heavy atom. The van der Waals surface area contributed by atoms with Crippen molar-refractivity contribution in [1.82, 2.24) is 0 Å². The highest BCUT2D eigenvalue weighted by Gasteiger charge is 2.42. The van der Waals surface area contributed by atoms with Gasteiger partial charge < -0.3 is 23.7 Å². The second kappa shape index (κ2) is 3.76. The second-order valence-electron chi connectivity index (χ2n) is 4.07. The number of benzene rings is 1.